The molecule has 4 saturated heterocycles. The van der Waals surface area contributed by atoms with Crippen molar-refractivity contribution in [3.63, 3.8) is 0 Å². The molecule has 0 radical (unpaired) electrons. The Morgan fingerprint density at radius 3 is 1.23 bits per heavy atom. The van der Waals surface area contributed by atoms with Crippen LogP contribution in [0.15, 0.2) is 48.5 Å². The van der Waals surface area contributed by atoms with Crippen molar-refractivity contribution in [2.45, 2.75) is 31.2 Å². The first-order valence-corrected chi connectivity index (χ1v) is 11.2. The molecule has 6 heteroatoms. The topological polar surface area (TPSA) is 62.0 Å². The lowest BCUT2D eigenvalue weighted by Gasteiger charge is -2.42. The van der Waals surface area contributed by atoms with Crippen molar-refractivity contribution in [2.75, 3.05) is 39.6 Å². The van der Waals surface area contributed by atoms with Gasteiger partial charge in [-0.3, -0.25) is 0 Å². The van der Waals surface area contributed by atoms with Gasteiger partial charge in [-0.2, -0.15) is 0 Å². The van der Waals surface area contributed by atoms with Gasteiger partial charge in [-0.25, -0.2) is 0 Å². The van der Waals surface area contributed by atoms with Crippen LogP contribution in [0.3, 0.4) is 0 Å². The highest BCUT2D eigenvalue weighted by atomic mass is 17.0. The van der Waals surface area contributed by atoms with Crippen LogP contribution >= 0.6 is 0 Å². The fourth-order valence-electron chi connectivity index (χ4n) is 4.35. The van der Waals surface area contributed by atoms with Crippen molar-refractivity contribution in [3.05, 3.63) is 70.8 Å². The second-order valence-electron chi connectivity index (χ2n) is 9.01. The fourth-order valence-corrected chi connectivity index (χ4v) is 4.35. The van der Waals surface area contributed by atoms with Crippen LogP contribution in [0.25, 0.3) is 0 Å². The van der Waals surface area contributed by atoms with E-state index in [1.165, 1.54) is 22.3 Å². The number of hydrogen-bond donors (Lipinski definition) is 0. The Kier molecular flexibility index (Phi) is 5.30. The number of rotatable bonds is 6. The summed E-state index contributed by atoms with van der Waals surface area (Å²) in [5, 5.41) is 0. The zero-order valence-electron chi connectivity index (χ0n) is 17.5. The molecule has 0 aliphatic carbocycles. The number of benzene rings is 2. The van der Waals surface area contributed by atoms with Gasteiger partial charge in [0.05, 0.1) is 39.6 Å². The highest BCUT2D eigenvalue weighted by Gasteiger charge is 2.44. The minimum absolute atomic E-state index is 0.285. The molecule has 4 fully saturated rings. The van der Waals surface area contributed by atoms with E-state index < -0.39 is 6.16 Å². The average molecular weight is 424 g/mol. The van der Waals surface area contributed by atoms with Crippen LogP contribution in [-0.2, 0) is 41.3 Å². The van der Waals surface area contributed by atoms with E-state index in [1.807, 2.05) is 0 Å². The number of hydrogen-bond acceptors (Lipinski definition) is 6. The lowest BCUT2D eigenvalue weighted by atomic mass is 9.98. The third kappa shape index (κ3) is 4.70. The molecular formula is C25H28O6. The fraction of sp³-hybridized carbons (Fsp3) is 0.520. The molecule has 6 nitrogen and oxygen atoms in total. The van der Waals surface area contributed by atoms with E-state index in [9.17, 15) is 0 Å². The SMILES string of the molecule is c1cc(C2CO2)ccc1CC1COC2(OC1)OCC(Cc1ccc(C3CO3)cc1)CO2. The third-order valence-electron chi connectivity index (χ3n) is 6.40. The molecule has 4 heterocycles. The van der Waals surface area contributed by atoms with Crippen molar-refractivity contribution in [3.8, 4) is 0 Å². The highest BCUT2D eigenvalue weighted by molar-refractivity contribution is 5.27. The predicted octanol–water partition coefficient (Wildman–Crippen LogP) is 3.55. The summed E-state index contributed by atoms with van der Waals surface area (Å²) in [5.74, 6) is 0.570. The smallest absolute Gasteiger partial charge is 0.368 e. The first-order valence-electron chi connectivity index (χ1n) is 11.2. The van der Waals surface area contributed by atoms with Crippen molar-refractivity contribution >= 4 is 0 Å². The summed E-state index contributed by atoms with van der Waals surface area (Å²) in [5.41, 5.74) is 5.07. The van der Waals surface area contributed by atoms with Gasteiger partial charge in [-0.15, -0.1) is 0 Å². The zero-order valence-corrected chi connectivity index (χ0v) is 17.5. The second-order valence-corrected chi connectivity index (χ2v) is 9.01. The number of epoxide rings is 2. The molecule has 0 N–H and O–H groups in total. The molecule has 4 aliphatic heterocycles. The van der Waals surface area contributed by atoms with Crippen molar-refractivity contribution in [1.29, 1.82) is 0 Å². The molecule has 0 amide bonds. The van der Waals surface area contributed by atoms with E-state index in [-0.39, 0.29) is 11.8 Å². The summed E-state index contributed by atoms with van der Waals surface area (Å²) in [6.07, 6.45) is 1.10. The zero-order chi connectivity index (χ0) is 20.7. The van der Waals surface area contributed by atoms with Crippen LogP contribution in [0, 0.1) is 11.8 Å². The Morgan fingerprint density at radius 2 is 0.903 bits per heavy atom. The summed E-state index contributed by atoms with van der Waals surface area (Å²) in [6.45, 7) is 3.92. The summed E-state index contributed by atoms with van der Waals surface area (Å²) in [6, 6.07) is 17.3. The molecule has 2 atom stereocenters. The Labute approximate surface area is 182 Å². The van der Waals surface area contributed by atoms with Crippen LogP contribution < -0.4 is 0 Å². The van der Waals surface area contributed by atoms with E-state index >= 15 is 0 Å². The molecule has 2 aromatic rings. The lowest BCUT2D eigenvalue weighted by molar-refractivity contribution is -0.534. The molecular weight excluding hydrogens is 396 g/mol. The maximum absolute atomic E-state index is 5.91. The molecule has 0 bridgehead atoms. The maximum atomic E-state index is 5.91. The molecule has 6 rings (SSSR count). The molecule has 2 unspecified atom stereocenters. The molecule has 0 aromatic heterocycles. The Hall–Kier alpha value is -1.80. The van der Waals surface area contributed by atoms with Gasteiger partial charge in [-0.05, 0) is 35.1 Å². The van der Waals surface area contributed by atoms with Crippen LogP contribution in [0.5, 0.6) is 0 Å². The standard InChI is InChI=1S/C25H28O6/c1-5-21(23-15-26-23)6-2-17(1)9-19-11-28-25(29-12-19)30-13-20(14-31-25)10-18-3-7-22(8-4-18)24-16-27-24/h1-8,19-20,23-24H,9-16H2. The Morgan fingerprint density at radius 1 is 0.548 bits per heavy atom. The number of ether oxygens (including phenoxy) is 6. The van der Waals surface area contributed by atoms with E-state index in [0.29, 0.717) is 38.6 Å². The normalized spacial score (nSPS) is 34.6. The van der Waals surface area contributed by atoms with Gasteiger partial charge >= 0.3 is 6.16 Å². The minimum Gasteiger partial charge on any atom is -0.368 e. The van der Waals surface area contributed by atoms with E-state index in [1.54, 1.807) is 0 Å². The summed E-state index contributed by atoms with van der Waals surface area (Å²) >= 11 is 0. The van der Waals surface area contributed by atoms with Gasteiger partial charge in [0, 0.05) is 11.8 Å². The van der Waals surface area contributed by atoms with Crippen LogP contribution in [0.1, 0.15) is 34.5 Å². The molecule has 1 spiro atoms. The van der Waals surface area contributed by atoms with E-state index in [4.69, 9.17) is 28.4 Å². The summed E-state index contributed by atoms with van der Waals surface area (Å²) < 4.78 is 34.3. The molecule has 4 aliphatic rings. The molecule has 2 aromatic carbocycles. The van der Waals surface area contributed by atoms with Crippen LogP contribution in [0.2, 0.25) is 0 Å². The monoisotopic (exact) mass is 424 g/mol. The quantitative estimate of drug-likeness (QED) is 0.661. The summed E-state index contributed by atoms with van der Waals surface area (Å²) in [4.78, 5) is 0. The molecule has 164 valence electrons. The van der Waals surface area contributed by atoms with Gasteiger partial charge in [0.2, 0.25) is 0 Å². The first kappa shape index (κ1) is 19.9. The Bertz CT molecular complexity index is 792. The largest absolute Gasteiger partial charge is 0.412 e. The van der Waals surface area contributed by atoms with Gasteiger partial charge in [0.15, 0.2) is 0 Å². The predicted molar refractivity (Wildman–Crippen MR) is 111 cm³/mol. The summed E-state index contributed by atoms with van der Waals surface area (Å²) in [7, 11) is 0. The van der Waals surface area contributed by atoms with Gasteiger partial charge in [0.1, 0.15) is 12.2 Å². The van der Waals surface area contributed by atoms with Gasteiger partial charge in [0.25, 0.3) is 0 Å². The second kappa shape index (κ2) is 8.28. The lowest BCUT2D eigenvalue weighted by Crippen LogP contribution is -2.53. The molecule has 0 saturated carbocycles. The molecule has 31 heavy (non-hydrogen) atoms. The van der Waals surface area contributed by atoms with Crippen molar-refractivity contribution in [2.24, 2.45) is 11.8 Å². The van der Waals surface area contributed by atoms with Crippen LogP contribution in [-0.4, -0.2) is 45.8 Å². The van der Waals surface area contributed by atoms with E-state index in [2.05, 4.69) is 48.5 Å². The third-order valence-corrected chi connectivity index (χ3v) is 6.40. The average Bonchev–Trinajstić information content (AvgIpc) is 3.72. The van der Waals surface area contributed by atoms with Gasteiger partial charge in [-0.1, -0.05) is 48.5 Å². The van der Waals surface area contributed by atoms with Gasteiger partial charge < -0.3 is 28.4 Å². The van der Waals surface area contributed by atoms with Crippen molar-refractivity contribution < 1.29 is 28.4 Å². The first-order chi connectivity index (χ1) is 15.2. The highest BCUT2D eigenvalue weighted by Crippen LogP contribution is 2.33. The minimum atomic E-state index is -1.33. The Balaban J connectivity index is 0.964. The maximum Gasteiger partial charge on any atom is 0.412 e. The van der Waals surface area contributed by atoms with Crippen molar-refractivity contribution in [1.82, 2.24) is 0 Å². The van der Waals surface area contributed by atoms with Crippen LogP contribution in [0.4, 0.5) is 0 Å². The van der Waals surface area contributed by atoms with E-state index in [0.717, 1.165) is 26.1 Å².